The lowest BCUT2D eigenvalue weighted by Gasteiger charge is -2.14. The number of hydrogen-bond donors (Lipinski definition) is 1. The van der Waals surface area contributed by atoms with Crippen LogP contribution in [0.4, 0.5) is 0 Å². The minimum atomic E-state index is -0.0207. The number of imidazole rings is 1. The van der Waals surface area contributed by atoms with E-state index in [0.717, 1.165) is 41.9 Å². The summed E-state index contributed by atoms with van der Waals surface area (Å²) in [5, 5.41) is 3.03. The molecule has 1 unspecified atom stereocenters. The zero-order valence-corrected chi connectivity index (χ0v) is 15.8. The third kappa shape index (κ3) is 3.96. The summed E-state index contributed by atoms with van der Waals surface area (Å²) in [5.41, 5.74) is 3.93. The Morgan fingerprint density at radius 3 is 2.65 bits per heavy atom. The summed E-state index contributed by atoms with van der Waals surface area (Å²) in [6.45, 7) is 7.97. The molecule has 0 bridgehead atoms. The van der Waals surface area contributed by atoms with Gasteiger partial charge in [0.2, 0.25) is 0 Å². The maximum atomic E-state index is 12.4. The van der Waals surface area contributed by atoms with E-state index in [4.69, 9.17) is 4.98 Å². The number of amides is 1. The van der Waals surface area contributed by atoms with Gasteiger partial charge in [-0.05, 0) is 36.6 Å². The van der Waals surface area contributed by atoms with Gasteiger partial charge in [0.1, 0.15) is 5.82 Å². The van der Waals surface area contributed by atoms with Crippen LogP contribution in [0.25, 0.3) is 11.0 Å². The van der Waals surface area contributed by atoms with Crippen LogP contribution in [0.1, 0.15) is 42.0 Å². The average Bonchev–Trinajstić information content (AvgIpc) is 2.99. The van der Waals surface area contributed by atoms with Crippen LogP contribution in [0.15, 0.2) is 48.5 Å². The van der Waals surface area contributed by atoms with Crippen molar-refractivity contribution in [2.75, 3.05) is 6.54 Å². The molecule has 1 N–H and O–H groups in total. The summed E-state index contributed by atoms with van der Waals surface area (Å²) in [4.78, 5) is 17.2. The fourth-order valence-electron chi connectivity index (χ4n) is 3.17. The molecule has 0 aliphatic heterocycles. The van der Waals surface area contributed by atoms with Crippen molar-refractivity contribution in [1.82, 2.24) is 14.9 Å². The van der Waals surface area contributed by atoms with Gasteiger partial charge in [0, 0.05) is 25.1 Å². The number of carbonyl (C=O) groups excluding carboxylic acids is 1. The molecule has 0 saturated heterocycles. The first-order valence-corrected chi connectivity index (χ1v) is 9.38. The monoisotopic (exact) mass is 349 g/mol. The lowest BCUT2D eigenvalue weighted by Crippen LogP contribution is -2.27. The second-order valence-electron chi connectivity index (χ2n) is 6.96. The molecule has 26 heavy (non-hydrogen) atoms. The summed E-state index contributed by atoms with van der Waals surface area (Å²) in [5.74, 6) is 1.61. The molecule has 4 nitrogen and oxygen atoms in total. The highest BCUT2D eigenvalue weighted by atomic mass is 16.1. The molecule has 0 spiro atoms. The highest BCUT2D eigenvalue weighted by Crippen LogP contribution is 2.19. The van der Waals surface area contributed by atoms with E-state index in [1.165, 1.54) is 5.52 Å². The van der Waals surface area contributed by atoms with Gasteiger partial charge in [-0.15, -0.1) is 0 Å². The molecule has 0 radical (unpaired) electrons. The van der Waals surface area contributed by atoms with Crippen molar-refractivity contribution in [3.63, 3.8) is 0 Å². The molecule has 0 aliphatic rings. The van der Waals surface area contributed by atoms with Gasteiger partial charge in [0.05, 0.1) is 11.0 Å². The van der Waals surface area contributed by atoms with Crippen molar-refractivity contribution >= 4 is 16.9 Å². The second kappa shape index (κ2) is 8.17. The Labute approximate surface area is 155 Å². The van der Waals surface area contributed by atoms with Gasteiger partial charge >= 0.3 is 0 Å². The van der Waals surface area contributed by atoms with E-state index in [0.29, 0.717) is 12.5 Å². The Kier molecular flexibility index (Phi) is 5.71. The minimum absolute atomic E-state index is 0.0207. The highest BCUT2D eigenvalue weighted by molar-refractivity contribution is 5.95. The standard InChI is InChI=1S/C22H27N3O/c1-4-16(2)15-25-20-12-8-7-11-19(20)24-21(25)13-14-23-22(26)18-10-6-5-9-17(18)3/h5-12,16H,4,13-15H2,1-3H3,(H,23,26). The Bertz CT molecular complexity index is 897. The summed E-state index contributed by atoms with van der Waals surface area (Å²) in [7, 11) is 0. The Balaban J connectivity index is 1.73. The zero-order valence-electron chi connectivity index (χ0n) is 15.8. The third-order valence-corrected chi connectivity index (χ3v) is 4.95. The SMILES string of the molecule is CCC(C)Cn1c(CCNC(=O)c2ccccc2C)nc2ccccc21. The van der Waals surface area contributed by atoms with Gasteiger partial charge in [-0.25, -0.2) is 4.98 Å². The predicted octanol–water partition coefficient (Wildman–Crippen LogP) is 4.36. The molecular formula is C22H27N3O. The topological polar surface area (TPSA) is 46.9 Å². The summed E-state index contributed by atoms with van der Waals surface area (Å²) in [6, 6.07) is 15.9. The number of carbonyl (C=O) groups is 1. The lowest BCUT2D eigenvalue weighted by atomic mass is 10.1. The van der Waals surface area contributed by atoms with E-state index in [1.54, 1.807) is 0 Å². The summed E-state index contributed by atoms with van der Waals surface area (Å²) >= 11 is 0. The fourth-order valence-corrected chi connectivity index (χ4v) is 3.17. The number of fused-ring (bicyclic) bond motifs is 1. The van der Waals surface area contributed by atoms with E-state index < -0.39 is 0 Å². The molecule has 4 heteroatoms. The quantitative estimate of drug-likeness (QED) is 0.689. The molecule has 1 amide bonds. The summed E-state index contributed by atoms with van der Waals surface area (Å²) < 4.78 is 2.31. The van der Waals surface area contributed by atoms with Crippen molar-refractivity contribution < 1.29 is 4.79 Å². The number of nitrogens with zero attached hydrogens (tertiary/aromatic N) is 2. The Morgan fingerprint density at radius 1 is 1.15 bits per heavy atom. The predicted molar refractivity (Wildman–Crippen MR) is 106 cm³/mol. The van der Waals surface area contributed by atoms with Gasteiger partial charge in [0.25, 0.3) is 5.91 Å². The van der Waals surface area contributed by atoms with Gasteiger partial charge in [0.15, 0.2) is 0 Å². The zero-order chi connectivity index (χ0) is 18.5. The first kappa shape index (κ1) is 18.2. The molecule has 136 valence electrons. The molecule has 0 saturated carbocycles. The van der Waals surface area contributed by atoms with Gasteiger partial charge < -0.3 is 9.88 Å². The number of para-hydroxylation sites is 2. The van der Waals surface area contributed by atoms with Gasteiger partial charge in [-0.2, -0.15) is 0 Å². The second-order valence-corrected chi connectivity index (χ2v) is 6.96. The Hall–Kier alpha value is -2.62. The molecule has 0 aliphatic carbocycles. The third-order valence-electron chi connectivity index (χ3n) is 4.95. The molecule has 1 heterocycles. The molecular weight excluding hydrogens is 322 g/mol. The van der Waals surface area contributed by atoms with Crippen molar-refractivity contribution in [1.29, 1.82) is 0 Å². The van der Waals surface area contributed by atoms with E-state index in [1.807, 2.05) is 37.3 Å². The van der Waals surface area contributed by atoms with Crippen LogP contribution in [0.5, 0.6) is 0 Å². The van der Waals surface area contributed by atoms with Crippen LogP contribution in [0.2, 0.25) is 0 Å². The number of rotatable bonds is 7. The number of nitrogens with one attached hydrogen (secondary N) is 1. The van der Waals surface area contributed by atoms with E-state index >= 15 is 0 Å². The largest absolute Gasteiger partial charge is 0.352 e. The van der Waals surface area contributed by atoms with Crippen molar-refractivity contribution in [3.8, 4) is 0 Å². The fraction of sp³-hybridized carbons (Fsp3) is 0.364. The van der Waals surface area contributed by atoms with Crippen molar-refractivity contribution in [2.45, 2.75) is 40.2 Å². The number of aromatic nitrogens is 2. The van der Waals surface area contributed by atoms with Crippen LogP contribution in [0, 0.1) is 12.8 Å². The van der Waals surface area contributed by atoms with Crippen LogP contribution in [-0.2, 0) is 13.0 Å². The first-order chi connectivity index (χ1) is 12.6. The normalized spacial score (nSPS) is 12.3. The first-order valence-electron chi connectivity index (χ1n) is 9.38. The lowest BCUT2D eigenvalue weighted by molar-refractivity contribution is 0.0953. The van der Waals surface area contributed by atoms with E-state index in [2.05, 4.69) is 41.9 Å². The summed E-state index contributed by atoms with van der Waals surface area (Å²) in [6.07, 6.45) is 1.86. The molecule has 1 atom stereocenters. The maximum absolute atomic E-state index is 12.4. The number of hydrogen-bond acceptors (Lipinski definition) is 2. The van der Waals surface area contributed by atoms with Crippen molar-refractivity contribution in [3.05, 3.63) is 65.5 Å². The number of benzene rings is 2. The molecule has 0 fully saturated rings. The van der Waals surface area contributed by atoms with E-state index in [-0.39, 0.29) is 5.91 Å². The maximum Gasteiger partial charge on any atom is 0.251 e. The average molecular weight is 349 g/mol. The van der Waals surface area contributed by atoms with E-state index in [9.17, 15) is 4.79 Å². The van der Waals surface area contributed by atoms with Crippen LogP contribution in [0.3, 0.4) is 0 Å². The van der Waals surface area contributed by atoms with Crippen LogP contribution in [-0.4, -0.2) is 22.0 Å². The van der Waals surface area contributed by atoms with Crippen LogP contribution < -0.4 is 5.32 Å². The Morgan fingerprint density at radius 2 is 1.88 bits per heavy atom. The smallest absolute Gasteiger partial charge is 0.251 e. The highest BCUT2D eigenvalue weighted by Gasteiger charge is 2.13. The van der Waals surface area contributed by atoms with Crippen LogP contribution >= 0.6 is 0 Å². The van der Waals surface area contributed by atoms with Gasteiger partial charge in [-0.1, -0.05) is 50.6 Å². The molecule has 3 aromatic rings. The van der Waals surface area contributed by atoms with Gasteiger partial charge in [-0.3, -0.25) is 4.79 Å². The molecule has 3 rings (SSSR count). The minimum Gasteiger partial charge on any atom is -0.352 e. The number of aryl methyl sites for hydroxylation is 1. The molecule has 1 aromatic heterocycles. The molecule has 2 aromatic carbocycles. The van der Waals surface area contributed by atoms with Crippen molar-refractivity contribution in [2.24, 2.45) is 5.92 Å².